The molecule has 25 heavy (non-hydrogen) atoms. The Morgan fingerprint density at radius 2 is 2.32 bits per heavy atom. The number of hydrogen-bond donors (Lipinski definition) is 1. The van der Waals surface area contributed by atoms with Gasteiger partial charge in [-0.3, -0.25) is 4.79 Å². The number of amides is 1. The smallest absolute Gasteiger partial charge is 0.221 e. The van der Waals surface area contributed by atoms with Crippen molar-refractivity contribution in [1.82, 2.24) is 14.9 Å². The zero-order chi connectivity index (χ0) is 17.2. The number of furan rings is 1. The molecule has 1 saturated carbocycles. The molecule has 1 aliphatic rings. The van der Waals surface area contributed by atoms with Crippen LogP contribution in [0.1, 0.15) is 36.9 Å². The van der Waals surface area contributed by atoms with E-state index in [1.165, 1.54) is 0 Å². The second kappa shape index (κ2) is 6.88. The first-order valence-electron chi connectivity index (χ1n) is 8.60. The van der Waals surface area contributed by atoms with E-state index in [1.807, 2.05) is 47.5 Å². The number of rotatable bonds is 7. The van der Waals surface area contributed by atoms with E-state index in [4.69, 9.17) is 4.42 Å². The molecular formula is C19H21N3O2S. The van der Waals surface area contributed by atoms with Crippen molar-refractivity contribution < 1.29 is 9.21 Å². The Labute approximate surface area is 150 Å². The Hall–Kier alpha value is -2.34. The SMILES string of the molecule is Cn1ccnc1[C@H](NC(=O)CCc1ccc(-c2cccs2)o1)C1CC1. The van der Waals surface area contributed by atoms with E-state index in [9.17, 15) is 4.79 Å². The number of aryl methyl sites for hydroxylation is 2. The van der Waals surface area contributed by atoms with Crippen LogP contribution in [0.2, 0.25) is 0 Å². The zero-order valence-corrected chi connectivity index (χ0v) is 15.0. The third kappa shape index (κ3) is 3.69. The number of thiophene rings is 1. The van der Waals surface area contributed by atoms with Crippen molar-refractivity contribution in [2.75, 3.05) is 0 Å². The summed E-state index contributed by atoms with van der Waals surface area (Å²) in [6.07, 6.45) is 7.04. The molecule has 0 unspecified atom stereocenters. The van der Waals surface area contributed by atoms with Crippen LogP contribution in [0.5, 0.6) is 0 Å². The first-order chi connectivity index (χ1) is 12.2. The van der Waals surface area contributed by atoms with Gasteiger partial charge in [0.1, 0.15) is 17.3 Å². The van der Waals surface area contributed by atoms with Gasteiger partial charge >= 0.3 is 0 Å². The van der Waals surface area contributed by atoms with E-state index in [1.54, 1.807) is 17.5 Å². The van der Waals surface area contributed by atoms with Gasteiger partial charge in [0.15, 0.2) is 0 Å². The van der Waals surface area contributed by atoms with Gasteiger partial charge in [0, 0.05) is 32.3 Å². The summed E-state index contributed by atoms with van der Waals surface area (Å²) in [7, 11) is 1.97. The molecule has 1 fully saturated rings. The lowest BCUT2D eigenvalue weighted by Gasteiger charge is -2.18. The average Bonchev–Trinajstić information content (AvgIpc) is 3.02. The van der Waals surface area contributed by atoms with Crippen molar-refractivity contribution in [3.63, 3.8) is 0 Å². The Bertz CT molecular complexity index is 846. The minimum absolute atomic E-state index is 0.0192. The van der Waals surface area contributed by atoms with E-state index in [-0.39, 0.29) is 11.9 Å². The number of nitrogens with zero attached hydrogens (tertiary/aromatic N) is 2. The molecule has 0 bridgehead atoms. The molecule has 130 valence electrons. The number of carbonyl (C=O) groups excluding carboxylic acids is 1. The molecule has 3 aromatic rings. The molecule has 0 spiro atoms. The van der Waals surface area contributed by atoms with Crippen LogP contribution in [0.4, 0.5) is 0 Å². The highest BCUT2D eigenvalue weighted by molar-refractivity contribution is 7.13. The first-order valence-corrected chi connectivity index (χ1v) is 9.48. The van der Waals surface area contributed by atoms with Crippen LogP contribution in [0.15, 0.2) is 46.5 Å². The third-order valence-electron chi connectivity index (χ3n) is 4.57. The monoisotopic (exact) mass is 355 g/mol. The van der Waals surface area contributed by atoms with Crippen LogP contribution in [0.25, 0.3) is 10.6 Å². The number of imidazole rings is 1. The second-order valence-corrected chi connectivity index (χ2v) is 7.47. The first kappa shape index (κ1) is 16.1. The summed E-state index contributed by atoms with van der Waals surface area (Å²) in [4.78, 5) is 17.9. The Morgan fingerprint density at radius 1 is 1.44 bits per heavy atom. The van der Waals surface area contributed by atoms with Gasteiger partial charge in [-0.2, -0.15) is 0 Å². The molecule has 4 rings (SSSR count). The maximum atomic E-state index is 12.4. The van der Waals surface area contributed by atoms with Crippen molar-refractivity contribution in [1.29, 1.82) is 0 Å². The minimum Gasteiger partial charge on any atom is -0.460 e. The molecule has 1 atom stereocenters. The Kier molecular flexibility index (Phi) is 4.44. The summed E-state index contributed by atoms with van der Waals surface area (Å²) in [5.74, 6) is 3.22. The standard InChI is InChI=1S/C19H21N3O2S/c1-22-11-10-20-19(22)18(13-4-5-13)21-17(23)9-7-14-6-8-15(24-14)16-3-2-12-25-16/h2-3,6,8,10-13,18H,4-5,7,9H2,1H3,(H,21,23)/t18-/m1/s1. The predicted octanol–water partition coefficient (Wildman–Crippen LogP) is 3.94. The van der Waals surface area contributed by atoms with Crippen molar-refractivity contribution in [3.8, 4) is 10.6 Å². The highest BCUT2D eigenvalue weighted by Crippen LogP contribution is 2.40. The number of nitrogens with one attached hydrogen (secondary N) is 1. The fourth-order valence-corrected chi connectivity index (χ4v) is 3.73. The third-order valence-corrected chi connectivity index (χ3v) is 5.46. The van der Waals surface area contributed by atoms with E-state index in [2.05, 4.69) is 10.3 Å². The van der Waals surface area contributed by atoms with Gasteiger partial charge < -0.3 is 14.3 Å². The normalized spacial score (nSPS) is 15.2. The predicted molar refractivity (Wildman–Crippen MR) is 97.2 cm³/mol. The summed E-state index contributed by atoms with van der Waals surface area (Å²) >= 11 is 1.65. The van der Waals surface area contributed by atoms with Gasteiger partial charge in [-0.1, -0.05) is 6.07 Å². The molecule has 3 aromatic heterocycles. The molecule has 0 radical (unpaired) electrons. The Morgan fingerprint density at radius 3 is 3.00 bits per heavy atom. The lowest BCUT2D eigenvalue weighted by atomic mass is 10.1. The number of aromatic nitrogens is 2. The molecule has 1 N–H and O–H groups in total. The molecule has 5 nitrogen and oxygen atoms in total. The number of carbonyl (C=O) groups is 1. The molecule has 6 heteroatoms. The molecule has 0 aromatic carbocycles. The Balaban J connectivity index is 1.35. The number of hydrogen-bond acceptors (Lipinski definition) is 4. The van der Waals surface area contributed by atoms with Crippen molar-refractivity contribution in [3.05, 3.63) is 53.6 Å². The summed E-state index contributed by atoms with van der Waals surface area (Å²) in [5, 5.41) is 5.19. The van der Waals surface area contributed by atoms with Gasteiger partial charge in [-0.15, -0.1) is 11.3 Å². The lowest BCUT2D eigenvalue weighted by Crippen LogP contribution is -2.31. The highest BCUT2D eigenvalue weighted by atomic mass is 32.1. The van der Waals surface area contributed by atoms with E-state index in [0.29, 0.717) is 18.8 Å². The van der Waals surface area contributed by atoms with Gasteiger partial charge in [-0.25, -0.2) is 4.98 Å². The van der Waals surface area contributed by atoms with Crippen LogP contribution in [-0.4, -0.2) is 15.5 Å². The summed E-state index contributed by atoms with van der Waals surface area (Å²) in [6.45, 7) is 0. The molecule has 1 aliphatic carbocycles. The summed E-state index contributed by atoms with van der Waals surface area (Å²) in [6, 6.07) is 7.99. The van der Waals surface area contributed by atoms with Gasteiger partial charge in [0.05, 0.1) is 10.9 Å². The molecular weight excluding hydrogens is 334 g/mol. The van der Waals surface area contributed by atoms with Gasteiger partial charge in [0.25, 0.3) is 0 Å². The fraction of sp³-hybridized carbons (Fsp3) is 0.368. The van der Waals surface area contributed by atoms with E-state index >= 15 is 0 Å². The van der Waals surface area contributed by atoms with Crippen LogP contribution >= 0.6 is 11.3 Å². The van der Waals surface area contributed by atoms with Crippen molar-refractivity contribution >= 4 is 17.2 Å². The molecule has 3 heterocycles. The summed E-state index contributed by atoms with van der Waals surface area (Å²) < 4.78 is 7.84. The maximum absolute atomic E-state index is 12.4. The van der Waals surface area contributed by atoms with Gasteiger partial charge in [0.2, 0.25) is 5.91 Å². The van der Waals surface area contributed by atoms with Crippen LogP contribution in [0.3, 0.4) is 0 Å². The van der Waals surface area contributed by atoms with Crippen LogP contribution < -0.4 is 5.32 Å². The molecule has 0 aliphatic heterocycles. The largest absolute Gasteiger partial charge is 0.460 e. The van der Waals surface area contributed by atoms with E-state index < -0.39 is 0 Å². The molecule has 1 amide bonds. The second-order valence-electron chi connectivity index (χ2n) is 6.52. The topological polar surface area (TPSA) is 60.1 Å². The fourth-order valence-electron chi connectivity index (χ4n) is 3.05. The van der Waals surface area contributed by atoms with E-state index in [0.717, 1.165) is 35.1 Å². The van der Waals surface area contributed by atoms with Gasteiger partial charge in [-0.05, 0) is 42.3 Å². The summed E-state index contributed by atoms with van der Waals surface area (Å²) in [5.41, 5.74) is 0. The van der Waals surface area contributed by atoms with Crippen LogP contribution in [0, 0.1) is 5.92 Å². The van der Waals surface area contributed by atoms with Crippen LogP contribution in [-0.2, 0) is 18.3 Å². The quantitative estimate of drug-likeness (QED) is 0.698. The highest BCUT2D eigenvalue weighted by Gasteiger charge is 2.35. The maximum Gasteiger partial charge on any atom is 0.221 e. The average molecular weight is 355 g/mol. The lowest BCUT2D eigenvalue weighted by molar-refractivity contribution is -0.122. The van der Waals surface area contributed by atoms with Crippen molar-refractivity contribution in [2.24, 2.45) is 13.0 Å². The zero-order valence-electron chi connectivity index (χ0n) is 14.1. The van der Waals surface area contributed by atoms with Crippen molar-refractivity contribution in [2.45, 2.75) is 31.7 Å². The molecule has 0 saturated heterocycles. The minimum atomic E-state index is 0.0192.